The SMILES string of the molecule is NCCCCc1nc(-c2ccc(F)cc2Br)no1. The first-order chi connectivity index (χ1) is 8.70. The zero-order valence-corrected chi connectivity index (χ0v) is 11.3. The van der Waals surface area contributed by atoms with Crippen LogP contribution in [0.4, 0.5) is 4.39 Å². The molecule has 18 heavy (non-hydrogen) atoms. The molecule has 6 heteroatoms. The van der Waals surface area contributed by atoms with E-state index in [-0.39, 0.29) is 5.82 Å². The molecule has 2 rings (SSSR count). The summed E-state index contributed by atoms with van der Waals surface area (Å²) < 4.78 is 18.7. The second kappa shape index (κ2) is 6.06. The zero-order valence-electron chi connectivity index (χ0n) is 9.70. The minimum absolute atomic E-state index is 0.308. The van der Waals surface area contributed by atoms with Gasteiger partial charge in [-0.05, 0) is 53.5 Å². The Morgan fingerprint density at radius 3 is 2.89 bits per heavy atom. The van der Waals surface area contributed by atoms with E-state index >= 15 is 0 Å². The van der Waals surface area contributed by atoms with E-state index in [9.17, 15) is 4.39 Å². The monoisotopic (exact) mass is 313 g/mol. The van der Waals surface area contributed by atoms with Crippen molar-refractivity contribution >= 4 is 15.9 Å². The van der Waals surface area contributed by atoms with E-state index in [0.717, 1.165) is 12.8 Å². The lowest BCUT2D eigenvalue weighted by atomic mass is 10.2. The van der Waals surface area contributed by atoms with Crippen molar-refractivity contribution in [3.8, 4) is 11.4 Å². The molecule has 0 unspecified atom stereocenters. The molecular weight excluding hydrogens is 301 g/mol. The highest BCUT2D eigenvalue weighted by molar-refractivity contribution is 9.10. The zero-order chi connectivity index (χ0) is 13.0. The Labute approximate surface area is 113 Å². The number of nitrogens with zero attached hydrogens (tertiary/aromatic N) is 2. The average Bonchev–Trinajstić information content (AvgIpc) is 2.78. The van der Waals surface area contributed by atoms with Crippen LogP contribution >= 0.6 is 15.9 Å². The topological polar surface area (TPSA) is 64.9 Å². The van der Waals surface area contributed by atoms with Gasteiger partial charge >= 0.3 is 0 Å². The number of aromatic nitrogens is 2. The highest BCUT2D eigenvalue weighted by atomic mass is 79.9. The Balaban J connectivity index is 2.13. The third-order valence-corrected chi connectivity index (χ3v) is 3.14. The van der Waals surface area contributed by atoms with Crippen molar-refractivity contribution in [2.45, 2.75) is 19.3 Å². The molecule has 0 aliphatic rings. The molecule has 0 bridgehead atoms. The van der Waals surface area contributed by atoms with E-state index < -0.39 is 0 Å². The van der Waals surface area contributed by atoms with Crippen molar-refractivity contribution < 1.29 is 8.91 Å². The first-order valence-electron chi connectivity index (χ1n) is 5.69. The summed E-state index contributed by atoms with van der Waals surface area (Å²) in [5, 5.41) is 3.89. The number of aryl methyl sites for hydroxylation is 1. The minimum Gasteiger partial charge on any atom is -0.339 e. The summed E-state index contributed by atoms with van der Waals surface area (Å²) in [6, 6.07) is 4.36. The van der Waals surface area contributed by atoms with Gasteiger partial charge in [0.15, 0.2) is 0 Å². The second-order valence-corrected chi connectivity index (χ2v) is 4.74. The molecule has 0 fully saturated rings. The van der Waals surface area contributed by atoms with Crippen molar-refractivity contribution in [2.24, 2.45) is 5.73 Å². The molecule has 0 spiro atoms. The lowest BCUT2D eigenvalue weighted by Gasteiger charge is -1.98. The molecule has 0 saturated carbocycles. The van der Waals surface area contributed by atoms with Crippen molar-refractivity contribution in [3.63, 3.8) is 0 Å². The molecule has 0 atom stereocenters. The van der Waals surface area contributed by atoms with Crippen molar-refractivity contribution in [2.75, 3.05) is 6.54 Å². The minimum atomic E-state index is -0.308. The van der Waals surface area contributed by atoms with Gasteiger partial charge in [0.05, 0.1) is 0 Å². The Bertz CT molecular complexity index is 530. The van der Waals surface area contributed by atoms with Crippen LogP contribution < -0.4 is 5.73 Å². The summed E-state index contributed by atoms with van der Waals surface area (Å²) >= 11 is 3.28. The number of hydrogen-bond donors (Lipinski definition) is 1. The first-order valence-corrected chi connectivity index (χ1v) is 6.48. The number of hydrogen-bond acceptors (Lipinski definition) is 4. The molecule has 0 saturated heterocycles. The molecule has 2 aromatic rings. The Hall–Kier alpha value is -1.27. The summed E-state index contributed by atoms with van der Waals surface area (Å²) in [6.45, 7) is 0.657. The van der Waals surface area contributed by atoms with Gasteiger partial charge in [-0.25, -0.2) is 4.39 Å². The van der Waals surface area contributed by atoms with E-state index in [1.54, 1.807) is 6.07 Å². The van der Waals surface area contributed by atoms with Crippen molar-refractivity contribution in [1.82, 2.24) is 10.1 Å². The lowest BCUT2D eigenvalue weighted by Crippen LogP contribution is -1.99. The van der Waals surface area contributed by atoms with Gasteiger partial charge in [0.25, 0.3) is 0 Å². The largest absolute Gasteiger partial charge is 0.339 e. The Kier molecular flexibility index (Phi) is 4.43. The standard InChI is InChI=1S/C12H13BrFN3O/c13-10-7-8(14)4-5-9(10)12-16-11(18-17-12)3-1-2-6-15/h4-5,7H,1-3,6,15H2. The van der Waals surface area contributed by atoms with Gasteiger partial charge in [0.2, 0.25) is 11.7 Å². The van der Waals surface area contributed by atoms with Crippen LogP contribution in [0.5, 0.6) is 0 Å². The van der Waals surface area contributed by atoms with E-state index in [1.165, 1.54) is 12.1 Å². The van der Waals surface area contributed by atoms with Crippen molar-refractivity contribution in [3.05, 3.63) is 34.4 Å². The van der Waals surface area contributed by atoms with Gasteiger partial charge in [-0.3, -0.25) is 0 Å². The molecule has 96 valence electrons. The van der Waals surface area contributed by atoms with Crippen LogP contribution in [0.25, 0.3) is 11.4 Å². The van der Waals surface area contributed by atoms with Crippen LogP contribution in [-0.2, 0) is 6.42 Å². The molecule has 0 amide bonds. The fraction of sp³-hybridized carbons (Fsp3) is 0.333. The predicted molar refractivity (Wildman–Crippen MR) is 69.4 cm³/mol. The Morgan fingerprint density at radius 2 is 2.17 bits per heavy atom. The van der Waals surface area contributed by atoms with E-state index in [2.05, 4.69) is 26.1 Å². The Morgan fingerprint density at radius 1 is 1.33 bits per heavy atom. The molecule has 0 aliphatic heterocycles. The summed E-state index contributed by atoms with van der Waals surface area (Å²) in [4.78, 5) is 4.27. The van der Waals surface area contributed by atoms with Crippen LogP contribution in [0.2, 0.25) is 0 Å². The maximum absolute atomic E-state index is 13.0. The van der Waals surface area contributed by atoms with Crippen LogP contribution in [0.15, 0.2) is 27.2 Å². The third-order valence-electron chi connectivity index (χ3n) is 2.48. The lowest BCUT2D eigenvalue weighted by molar-refractivity contribution is 0.375. The first kappa shape index (κ1) is 13.2. The molecule has 4 nitrogen and oxygen atoms in total. The number of benzene rings is 1. The average molecular weight is 314 g/mol. The number of nitrogens with two attached hydrogens (primary N) is 1. The molecule has 0 radical (unpaired) electrons. The summed E-state index contributed by atoms with van der Waals surface area (Å²) in [5.74, 6) is 0.733. The maximum Gasteiger partial charge on any atom is 0.226 e. The van der Waals surface area contributed by atoms with Crippen LogP contribution in [0.1, 0.15) is 18.7 Å². The van der Waals surface area contributed by atoms with Gasteiger partial charge in [-0.2, -0.15) is 4.98 Å². The number of rotatable bonds is 5. The molecule has 1 aromatic heterocycles. The molecule has 1 heterocycles. The van der Waals surface area contributed by atoms with Gasteiger partial charge in [-0.15, -0.1) is 0 Å². The summed E-state index contributed by atoms with van der Waals surface area (Å²) in [6.07, 6.45) is 2.56. The predicted octanol–water partition coefficient (Wildman–Crippen LogP) is 2.92. The van der Waals surface area contributed by atoms with Crippen LogP contribution in [0.3, 0.4) is 0 Å². The maximum atomic E-state index is 13.0. The van der Waals surface area contributed by atoms with E-state index in [4.69, 9.17) is 10.3 Å². The molecule has 0 aliphatic carbocycles. The highest BCUT2D eigenvalue weighted by Crippen LogP contribution is 2.26. The van der Waals surface area contributed by atoms with Crippen LogP contribution in [-0.4, -0.2) is 16.7 Å². The number of unbranched alkanes of at least 4 members (excludes halogenated alkanes) is 1. The number of halogens is 2. The molecule has 1 aromatic carbocycles. The summed E-state index contributed by atoms with van der Waals surface area (Å²) in [5.41, 5.74) is 6.13. The van der Waals surface area contributed by atoms with Crippen molar-refractivity contribution in [1.29, 1.82) is 0 Å². The van der Waals surface area contributed by atoms with Crippen LogP contribution in [0, 0.1) is 5.82 Å². The van der Waals surface area contributed by atoms with Gasteiger partial charge in [-0.1, -0.05) is 5.16 Å². The van der Waals surface area contributed by atoms with E-state index in [1.807, 2.05) is 0 Å². The smallest absolute Gasteiger partial charge is 0.226 e. The normalized spacial score (nSPS) is 10.8. The van der Waals surface area contributed by atoms with E-state index in [0.29, 0.717) is 34.7 Å². The molecular formula is C12H13BrFN3O. The molecule has 2 N–H and O–H groups in total. The fourth-order valence-electron chi connectivity index (χ4n) is 1.56. The van der Waals surface area contributed by atoms with Gasteiger partial charge in [0.1, 0.15) is 5.82 Å². The van der Waals surface area contributed by atoms with Gasteiger partial charge < -0.3 is 10.3 Å². The highest BCUT2D eigenvalue weighted by Gasteiger charge is 2.11. The quantitative estimate of drug-likeness (QED) is 0.862. The van der Waals surface area contributed by atoms with Gasteiger partial charge in [0, 0.05) is 16.5 Å². The summed E-state index contributed by atoms with van der Waals surface area (Å²) in [7, 11) is 0. The fourth-order valence-corrected chi connectivity index (χ4v) is 2.09. The third kappa shape index (κ3) is 3.14. The second-order valence-electron chi connectivity index (χ2n) is 3.88.